The number of carbonyl (C=O) groups is 1. The normalized spacial score (nSPS) is 13.5. The smallest absolute Gasteiger partial charge is 0.223 e. The molecule has 1 unspecified atom stereocenters. The fourth-order valence-electron chi connectivity index (χ4n) is 2.11. The first-order chi connectivity index (χ1) is 9.99. The number of aliphatic hydroxyl groups is 1. The highest BCUT2D eigenvalue weighted by atomic mass is 19.1. The number of hydrogen-bond donors (Lipinski definition) is 2. The minimum atomic E-state index is -1.25. The van der Waals surface area contributed by atoms with Gasteiger partial charge in [-0.1, -0.05) is 48.5 Å². The average Bonchev–Trinajstić information content (AvgIpc) is 2.47. The molecule has 2 rings (SSSR count). The van der Waals surface area contributed by atoms with Gasteiger partial charge >= 0.3 is 0 Å². The van der Waals surface area contributed by atoms with E-state index in [1.165, 1.54) is 6.07 Å². The third kappa shape index (κ3) is 4.13. The van der Waals surface area contributed by atoms with Gasteiger partial charge in [0.05, 0.1) is 12.0 Å². The number of hydrogen-bond acceptors (Lipinski definition) is 2. The van der Waals surface area contributed by atoms with E-state index in [0.29, 0.717) is 11.1 Å². The Labute approximate surface area is 123 Å². The van der Waals surface area contributed by atoms with Crippen molar-refractivity contribution in [2.24, 2.45) is 0 Å². The molecule has 0 saturated carbocycles. The van der Waals surface area contributed by atoms with E-state index >= 15 is 0 Å². The first-order valence-electron chi connectivity index (χ1n) is 6.77. The molecule has 2 aromatic carbocycles. The Kier molecular flexibility index (Phi) is 4.70. The van der Waals surface area contributed by atoms with Crippen molar-refractivity contribution in [1.82, 2.24) is 5.32 Å². The van der Waals surface area contributed by atoms with Crippen LogP contribution in [0.4, 0.5) is 4.39 Å². The van der Waals surface area contributed by atoms with Crippen molar-refractivity contribution in [2.75, 3.05) is 0 Å². The van der Waals surface area contributed by atoms with Crippen LogP contribution in [0.2, 0.25) is 0 Å². The van der Waals surface area contributed by atoms with Crippen molar-refractivity contribution >= 4 is 5.91 Å². The van der Waals surface area contributed by atoms with Crippen molar-refractivity contribution < 1.29 is 14.3 Å². The maximum absolute atomic E-state index is 13.4. The molecule has 1 amide bonds. The summed E-state index contributed by atoms with van der Waals surface area (Å²) in [4.78, 5) is 11.9. The third-order valence-electron chi connectivity index (χ3n) is 3.33. The van der Waals surface area contributed by atoms with E-state index in [1.54, 1.807) is 49.4 Å². The second kappa shape index (κ2) is 6.50. The van der Waals surface area contributed by atoms with Crippen LogP contribution in [0, 0.1) is 5.82 Å². The summed E-state index contributed by atoms with van der Waals surface area (Å²) in [6.07, 6.45) is -0.0779. The van der Waals surface area contributed by atoms with E-state index in [-0.39, 0.29) is 24.7 Å². The lowest BCUT2D eigenvalue weighted by Crippen LogP contribution is -2.32. The maximum Gasteiger partial charge on any atom is 0.223 e. The molecule has 0 aliphatic rings. The Balaban J connectivity index is 1.94. The second-order valence-electron chi connectivity index (χ2n) is 5.18. The zero-order valence-corrected chi connectivity index (χ0v) is 11.8. The number of nitrogens with one attached hydrogen (secondary N) is 1. The molecular formula is C17H18FNO2. The van der Waals surface area contributed by atoms with Crippen molar-refractivity contribution in [3.63, 3.8) is 0 Å². The standard InChI is InChI=1S/C17H18FNO2/c1-17(21,14-8-3-2-4-9-14)11-16(20)19-12-13-7-5-6-10-15(13)18/h2-10,21H,11-12H2,1H3,(H,19,20). The molecule has 2 aromatic rings. The van der Waals surface area contributed by atoms with Gasteiger partial charge in [0.1, 0.15) is 5.82 Å². The van der Waals surface area contributed by atoms with E-state index in [4.69, 9.17) is 0 Å². The quantitative estimate of drug-likeness (QED) is 0.888. The largest absolute Gasteiger partial charge is 0.385 e. The minimum absolute atomic E-state index is 0.0779. The zero-order chi connectivity index (χ0) is 15.3. The number of carbonyl (C=O) groups excluding carboxylic acids is 1. The van der Waals surface area contributed by atoms with E-state index < -0.39 is 5.60 Å². The monoisotopic (exact) mass is 287 g/mol. The highest BCUT2D eigenvalue weighted by Crippen LogP contribution is 2.23. The van der Waals surface area contributed by atoms with Crippen LogP contribution in [0.25, 0.3) is 0 Å². The predicted octanol–water partition coefficient (Wildman–Crippen LogP) is 2.74. The summed E-state index contributed by atoms with van der Waals surface area (Å²) in [5.41, 5.74) is -0.156. The fourth-order valence-corrected chi connectivity index (χ4v) is 2.11. The van der Waals surface area contributed by atoms with Gasteiger partial charge in [-0.15, -0.1) is 0 Å². The lowest BCUT2D eigenvalue weighted by molar-refractivity contribution is -0.126. The van der Waals surface area contributed by atoms with Crippen LogP contribution in [0.1, 0.15) is 24.5 Å². The van der Waals surface area contributed by atoms with Gasteiger partial charge in [-0.3, -0.25) is 4.79 Å². The summed E-state index contributed by atoms with van der Waals surface area (Å²) in [5.74, 6) is -0.681. The van der Waals surface area contributed by atoms with Crippen LogP contribution in [0.3, 0.4) is 0 Å². The summed E-state index contributed by atoms with van der Waals surface area (Å²) >= 11 is 0. The highest BCUT2D eigenvalue weighted by molar-refractivity contribution is 5.77. The Morgan fingerprint density at radius 2 is 1.76 bits per heavy atom. The second-order valence-corrected chi connectivity index (χ2v) is 5.18. The molecule has 110 valence electrons. The Morgan fingerprint density at radius 3 is 2.43 bits per heavy atom. The summed E-state index contributed by atoms with van der Waals surface area (Å²) < 4.78 is 13.4. The van der Waals surface area contributed by atoms with Crippen LogP contribution < -0.4 is 5.32 Å². The minimum Gasteiger partial charge on any atom is -0.385 e. The van der Waals surface area contributed by atoms with Crippen molar-refractivity contribution in [1.29, 1.82) is 0 Å². The molecule has 21 heavy (non-hydrogen) atoms. The molecule has 3 nitrogen and oxygen atoms in total. The van der Waals surface area contributed by atoms with E-state index in [2.05, 4.69) is 5.32 Å². The maximum atomic E-state index is 13.4. The molecular weight excluding hydrogens is 269 g/mol. The summed E-state index contributed by atoms with van der Waals surface area (Å²) in [5, 5.41) is 13.0. The first kappa shape index (κ1) is 15.2. The van der Waals surface area contributed by atoms with Gasteiger partial charge in [0.2, 0.25) is 5.91 Å². The number of rotatable bonds is 5. The van der Waals surface area contributed by atoms with Gasteiger partial charge in [-0.2, -0.15) is 0 Å². The zero-order valence-electron chi connectivity index (χ0n) is 11.8. The molecule has 0 aliphatic carbocycles. The number of amides is 1. The fraction of sp³-hybridized carbons (Fsp3) is 0.235. The third-order valence-corrected chi connectivity index (χ3v) is 3.33. The molecule has 0 heterocycles. The van der Waals surface area contributed by atoms with E-state index in [1.807, 2.05) is 6.07 Å². The van der Waals surface area contributed by atoms with Crippen molar-refractivity contribution in [2.45, 2.75) is 25.5 Å². The lowest BCUT2D eigenvalue weighted by atomic mass is 9.92. The Morgan fingerprint density at radius 1 is 1.14 bits per heavy atom. The molecule has 0 fully saturated rings. The van der Waals surface area contributed by atoms with Gasteiger partial charge in [0.25, 0.3) is 0 Å². The van der Waals surface area contributed by atoms with E-state index in [9.17, 15) is 14.3 Å². The highest BCUT2D eigenvalue weighted by Gasteiger charge is 2.26. The van der Waals surface area contributed by atoms with E-state index in [0.717, 1.165) is 0 Å². The molecule has 0 bridgehead atoms. The van der Waals surface area contributed by atoms with Crippen molar-refractivity contribution in [3.05, 3.63) is 71.5 Å². The summed E-state index contributed by atoms with van der Waals surface area (Å²) in [7, 11) is 0. The SMILES string of the molecule is CC(O)(CC(=O)NCc1ccccc1F)c1ccccc1. The van der Waals surface area contributed by atoms with Gasteiger partial charge in [0, 0.05) is 12.1 Å². The molecule has 0 radical (unpaired) electrons. The molecule has 0 saturated heterocycles. The first-order valence-corrected chi connectivity index (χ1v) is 6.77. The Hall–Kier alpha value is -2.20. The Bertz CT molecular complexity index is 611. The van der Waals surface area contributed by atoms with Crippen LogP contribution in [-0.4, -0.2) is 11.0 Å². The summed E-state index contributed by atoms with van der Waals surface area (Å²) in [6.45, 7) is 1.70. The predicted molar refractivity (Wildman–Crippen MR) is 78.9 cm³/mol. The van der Waals surface area contributed by atoms with Gasteiger partial charge in [-0.25, -0.2) is 4.39 Å². The molecule has 0 aromatic heterocycles. The number of halogens is 1. The molecule has 2 N–H and O–H groups in total. The van der Waals surface area contributed by atoms with Crippen LogP contribution >= 0.6 is 0 Å². The molecule has 4 heteroatoms. The van der Waals surface area contributed by atoms with Gasteiger partial charge in [-0.05, 0) is 18.6 Å². The van der Waals surface area contributed by atoms with Crippen molar-refractivity contribution in [3.8, 4) is 0 Å². The van der Waals surface area contributed by atoms with Crippen LogP contribution in [0.5, 0.6) is 0 Å². The summed E-state index contributed by atoms with van der Waals surface area (Å²) in [6, 6.07) is 15.3. The number of benzene rings is 2. The molecule has 1 atom stereocenters. The molecule has 0 spiro atoms. The average molecular weight is 287 g/mol. The molecule has 0 aliphatic heterocycles. The lowest BCUT2D eigenvalue weighted by Gasteiger charge is -2.23. The van der Waals surface area contributed by atoms with Crippen LogP contribution in [0.15, 0.2) is 54.6 Å². The topological polar surface area (TPSA) is 49.3 Å². The van der Waals surface area contributed by atoms with Gasteiger partial charge < -0.3 is 10.4 Å². The van der Waals surface area contributed by atoms with Gasteiger partial charge in [0.15, 0.2) is 0 Å². The van der Waals surface area contributed by atoms with Crippen LogP contribution in [-0.2, 0) is 16.9 Å².